The predicted octanol–water partition coefficient (Wildman–Crippen LogP) is 6.53. The van der Waals surface area contributed by atoms with Crippen LogP contribution in [0.4, 0.5) is 14.9 Å². The molecule has 1 aliphatic carbocycles. The molecule has 2 amide bonds. The van der Waals surface area contributed by atoms with Gasteiger partial charge in [0.25, 0.3) is 0 Å². The number of benzene rings is 2. The Kier molecular flexibility index (Phi) is 6.93. The summed E-state index contributed by atoms with van der Waals surface area (Å²) in [6.07, 6.45) is 10.3. The summed E-state index contributed by atoms with van der Waals surface area (Å²) in [6, 6.07) is 17.3. The molecule has 38 heavy (non-hydrogen) atoms. The lowest BCUT2D eigenvalue weighted by atomic mass is 9.72. The molecule has 196 valence electrons. The van der Waals surface area contributed by atoms with Gasteiger partial charge in [-0.3, -0.25) is 9.80 Å². The van der Waals surface area contributed by atoms with E-state index in [-0.39, 0.29) is 18.0 Å². The van der Waals surface area contributed by atoms with E-state index < -0.39 is 5.95 Å². The lowest BCUT2D eigenvalue weighted by Gasteiger charge is -2.40. The van der Waals surface area contributed by atoms with Crippen molar-refractivity contribution < 1.29 is 9.18 Å². The topological polar surface area (TPSA) is 48.5 Å². The summed E-state index contributed by atoms with van der Waals surface area (Å²) in [7, 11) is 0. The Labute approximate surface area is 228 Å². The van der Waals surface area contributed by atoms with Gasteiger partial charge in [0.15, 0.2) is 0 Å². The smallest absolute Gasteiger partial charge is 0.322 e. The number of nitrogens with zero attached hydrogens (tertiary/aromatic N) is 3. The molecule has 7 heteroatoms. The van der Waals surface area contributed by atoms with E-state index in [1.165, 1.54) is 36.2 Å². The molecule has 1 N–H and O–H groups in total. The van der Waals surface area contributed by atoms with Crippen molar-refractivity contribution in [2.24, 2.45) is 0 Å². The van der Waals surface area contributed by atoms with Crippen LogP contribution in [0, 0.1) is 5.95 Å². The van der Waals surface area contributed by atoms with Gasteiger partial charge in [0.1, 0.15) is 0 Å². The number of carbonyl (C=O) groups excluding carboxylic acids is 1. The number of hydrogen-bond donors (Lipinski definition) is 1. The lowest BCUT2D eigenvalue weighted by molar-refractivity contribution is 0.179. The summed E-state index contributed by atoms with van der Waals surface area (Å²) < 4.78 is 13.5. The Morgan fingerprint density at radius 3 is 2.66 bits per heavy atom. The number of piperidine rings is 1. The molecule has 2 fully saturated rings. The summed E-state index contributed by atoms with van der Waals surface area (Å²) in [5.74, 6) is 0.0797. The quantitative estimate of drug-likeness (QED) is 0.369. The number of likely N-dealkylation sites (tertiary alicyclic amines) is 1. The van der Waals surface area contributed by atoms with Crippen LogP contribution in [-0.4, -0.2) is 42.1 Å². The van der Waals surface area contributed by atoms with Crippen LogP contribution >= 0.6 is 11.6 Å². The highest BCUT2D eigenvalue weighted by molar-refractivity contribution is 6.30. The van der Waals surface area contributed by atoms with Gasteiger partial charge in [-0.05, 0) is 97.3 Å². The van der Waals surface area contributed by atoms with E-state index in [1.807, 2.05) is 29.2 Å². The average Bonchev–Trinajstić information content (AvgIpc) is 3.73. The van der Waals surface area contributed by atoms with Crippen LogP contribution in [0.5, 0.6) is 0 Å². The third kappa shape index (κ3) is 5.20. The molecule has 3 heterocycles. The van der Waals surface area contributed by atoms with E-state index in [4.69, 9.17) is 11.6 Å². The fraction of sp³-hybridized carbons (Fsp3) is 0.355. The number of carbonyl (C=O) groups is 1. The Morgan fingerprint density at radius 1 is 1.13 bits per heavy atom. The molecule has 2 aliphatic heterocycles. The molecule has 0 atom stereocenters. The molecule has 0 unspecified atom stereocenters. The van der Waals surface area contributed by atoms with Crippen LogP contribution in [-0.2, 0) is 12.0 Å². The number of anilines is 1. The van der Waals surface area contributed by atoms with Crippen LogP contribution in [0.1, 0.15) is 53.9 Å². The average molecular weight is 531 g/mol. The normalized spacial score (nSPS) is 18.7. The van der Waals surface area contributed by atoms with Crippen LogP contribution < -0.4 is 10.2 Å². The third-order valence-electron chi connectivity index (χ3n) is 8.21. The highest BCUT2D eigenvalue weighted by Crippen LogP contribution is 2.53. The minimum atomic E-state index is -0.536. The standard InChI is InChI=1S/C31H32ClFN4O/c32-25-10-6-22(7-11-25)3-2-16-36-17-13-31(14-18-36)21-37(27-5-1-4-26(29(27)31)24-8-9-24)30(38)35-20-23-12-15-34-28(33)19-23/h1-7,10-12,15,19,24H,8-9,13-14,16-18,20-21H2,(H,35,38). The van der Waals surface area contributed by atoms with Crippen LogP contribution in [0.25, 0.3) is 6.08 Å². The van der Waals surface area contributed by atoms with Crippen molar-refractivity contribution >= 4 is 29.4 Å². The molecule has 0 bridgehead atoms. The third-order valence-corrected chi connectivity index (χ3v) is 8.46. The van der Waals surface area contributed by atoms with E-state index >= 15 is 0 Å². The molecule has 3 aliphatic rings. The highest BCUT2D eigenvalue weighted by Gasteiger charge is 2.49. The van der Waals surface area contributed by atoms with Gasteiger partial charge in [0.2, 0.25) is 5.95 Å². The van der Waals surface area contributed by atoms with Crippen molar-refractivity contribution in [3.63, 3.8) is 0 Å². The fourth-order valence-corrected chi connectivity index (χ4v) is 6.18. The maximum Gasteiger partial charge on any atom is 0.322 e. The van der Waals surface area contributed by atoms with Crippen molar-refractivity contribution in [2.45, 2.75) is 43.6 Å². The number of pyridine rings is 1. The molecule has 3 aromatic rings. The number of urea groups is 1. The van der Waals surface area contributed by atoms with Crippen molar-refractivity contribution in [3.05, 3.63) is 100 Å². The fourth-order valence-electron chi connectivity index (χ4n) is 6.05. The van der Waals surface area contributed by atoms with Gasteiger partial charge in [-0.1, -0.05) is 48.0 Å². The number of rotatable bonds is 6. The van der Waals surface area contributed by atoms with E-state index in [9.17, 15) is 9.18 Å². The van der Waals surface area contributed by atoms with E-state index in [0.29, 0.717) is 18.0 Å². The number of hydrogen-bond acceptors (Lipinski definition) is 3. The first-order chi connectivity index (χ1) is 18.5. The number of amides is 2. The zero-order valence-electron chi connectivity index (χ0n) is 21.4. The second kappa shape index (κ2) is 10.5. The first-order valence-corrected chi connectivity index (χ1v) is 13.8. The highest BCUT2D eigenvalue weighted by atomic mass is 35.5. The van der Waals surface area contributed by atoms with Crippen molar-refractivity contribution in [1.82, 2.24) is 15.2 Å². The van der Waals surface area contributed by atoms with Crippen molar-refractivity contribution in [3.8, 4) is 0 Å². The van der Waals surface area contributed by atoms with Crippen LogP contribution in [0.15, 0.2) is 66.9 Å². The second-order valence-corrected chi connectivity index (χ2v) is 11.2. The van der Waals surface area contributed by atoms with Gasteiger partial charge >= 0.3 is 6.03 Å². The Balaban J connectivity index is 1.17. The summed E-state index contributed by atoms with van der Waals surface area (Å²) in [6.45, 7) is 3.86. The Hall–Kier alpha value is -3.22. The summed E-state index contributed by atoms with van der Waals surface area (Å²) in [5.41, 5.74) is 5.70. The van der Waals surface area contributed by atoms with E-state index in [2.05, 4.69) is 45.6 Å². The van der Waals surface area contributed by atoms with Gasteiger partial charge < -0.3 is 5.32 Å². The first-order valence-electron chi connectivity index (χ1n) is 13.4. The summed E-state index contributed by atoms with van der Waals surface area (Å²) in [4.78, 5) is 21.5. The summed E-state index contributed by atoms with van der Waals surface area (Å²) in [5, 5.41) is 3.77. The molecular formula is C31H32ClFN4O. The van der Waals surface area contributed by atoms with Crippen LogP contribution in [0.2, 0.25) is 5.02 Å². The maximum atomic E-state index is 13.5. The van der Waals surface area contributed by atoms with E-state index in [1.54, 1.807) is 6.07 Å². The number of nitrogens with one attached hydrogen (secondary N) is 1. The monoisotopic (exact) mass is 530 g/mol. The van der Waals surface area contributed by atoms with Crippen molar-refractivity contribution in [2.75, 3.05) is 31.1 Å². The maximum absolute atomic E-state index is 13.5. The predicted molar refractivity (Wildman–Crippen MR) is 150 cm³/mol. The molecule has 1 spiro atoms. The Bertz CT molecular complexity index is 1350. The molecule has 1 aromatic heterocycles. The zero-order chi connectivity index (χ0) is 26.1. The SMILES string of the molecule is O=C(NCc1ccnc(F)c1)N1CC2(CCN(CC=Cc3ccc(Cl)cc3)CC2)c2c(C3CC3)cccc21. The van der Waals surface area contributed by atoms with Crippen molar-refractivity contribution in [1.29, 1.82) is 0 Å². The minimum absolute atomic E-state index is 0.0228. The number of aromatic nitrogens is 1. The van der Waals surface area contributed by atoms with Gasteiger partial charge in [-0.2, -0.15) is 4.39 Å². The van der Waals surface area contributed by atoms with Crippen LogP contribution in [0.3, 0.4) is 0 Å². The Morgan fingerprint density at radius 2 is 1.92 bits per heavy atom. The number of fused-ring (bicyclic) bond motifs is 2. The van der Waals surface area contributed by atoms with Gasteiger partial charge in [0, 0.05) is 42.0 Å². The van der Waals surface area contributed by atoms with E-state index in [0.717, 1.165) is 48.7 Å². The zero-order valence-corrected chi connectivity index (χ0v) is 22.1. The van der Waals surface area contributed by atoms with Gasteiger partial charge in [-0.25, -0.2) is 9.78 Å². The number of halogens is 2. The molecule has 0 radical (unpaired) electrons. The lowest BCUT2D eigenvalue weighted by Crippen LogP contribution is -2.47. The molecule has 5 nitrogen and oxygen atoms in total. The molecule has 1 saturated carbocycles. The molecule has 1 saturated heterocycles. The first kappa shape index (κ1) is 25.1. The van der Waals surface area contributed by atoms with Gasteiger partial charge in [-0.15, -0.1) is 0 Å². The largest absolute Gasteiger partial charge is 0.334 e. The summed E-state index contributed by atoms with van der Waals surface area (Å²) >= 11 is 6.00. The van der Waals surface area contributed by atoms with Gasteiger partial charge in [0.05, 0.1) is 0 Å². The second-order valence-electron chi connectivity index (χ2n) is 10.8. The minimum Gasteiger partial charge on any atom is -0.334 e. The molecular weight excluding hydrogens is 499 g/mol. The molecule has 2 aromatic carbocycles. The molecule has 6 rings (SSSR count).